The van der Waals surface area contributed by atoms with Crippen LogP contribution in [0.4, 0.5) is 0 Å². The number of nitrogens with one attached hydrogen (secondary N) is 1. The second-order valence-electron chi connectivity index (χ2n) is 4.37. The molecule has 0 aromatic heterocycles. The largest absolute Gasteiger partial charge is 0.294 e. The molecule has 0 saturated heterocycles. The van der Waals surface area contributed by atoms with Gasteiger partial charge < -0.3 is 0 Å². The van der Waals surface area contributed by atoms with Crippen molar-refractivity contribution in [1.29, 1.82) is 0 Å². The molecule has 0 bridgehead atoms. The Morgan fingerprint density at radius 3 is 2.32 bits per heavy atom. The molecule has 1 aromatic rings. The zero-order valence-corrected chi connectivity index (χ0v) is 10.5. The Bertz CT molecular complexity index is 602. The van der Waals surface area contributed by atoms with Gasteiger partial charge in [0.25, 0.3) is 0 Å². The van der Waals surface area contributed by atoms with Crippen LogP contribution in [-0.2, 0) is 4.79 Å². The van der Waals surface area contributed by atoms with Gasteiger partial charge >= 0.3 is 0 Å². The number of fused-ring (bicyclic) bond motifs is 1. The van der Waals surface area contributed by atoms with Gasteiger partial charge in [-0.25, -0.2) is 5.84 Å². The Labute approximate surface area is 110 Å². The molecule has 19 heavy (non-hydrogen) atoms. The summed E-state index contributed by atoms with van der Waals surface area (Å²) >= 11 is 0. The van der Waals surface area contributed by atoms with E-state index in [1.165, 1.54) is 0 Å². The molecule has 0 heterocycles. The van der Waals surface area contributed by atoms with E-state index >= 15 is 0 Å². The highest BCUT2D eigenvalue weighted by Crippen LogP contribution is 2.28. The Hall–Kier alpha value is -2.27. The van der Waals surface area contributed by atoms with Crippen molar-refractivity contribution in [2.75, 3.05) is 0 Å². The summed E-state index contributed by atoms with van der Waals surface area (Å²) in [7, 11) is 0. The number of carbonyl (C=O) groups excluding carboxylic acids is 3. The zero-order chi connectivity index (χ0) is 14.0. The summed E-state index contributed by atoms with van der Waals surface area (Å²) in [5.74, 6) is 4.29. The van der Waals surface area contributed by atoms with Gasteiger partial charge in [-0.1, -0.05) is 24.3 Å². The van der Waals surface area contributed by atoms with E-state index in [2.05, 4.69) is 0 Å². The van der Waals surface area contributed by atoms with Gasteiger partial charge in [0.05, 0.1) is 0 Å². The third-order valence-electron chi connectivity index (χ3n) is 3.25. The van der Waals surface area contributed by atoms with Crippen LogP contribution in [0.1, 0.15) is 40.5 Å². The fraction of sp³-hybridized carbons (Fsp3) is 0.214. The van der Waals surface area contributed by atoms with E-state index in [4.69, 9.17) is 5.84 Å². The molecule has 2 rings (SSSR count). The number of hydrogen-bond donors (Lipinski definition) is 2. The molecule has 1 amide bonds. The summed E-state index contributed by atoms with van der Waals surface area (Å²) in [6.45, 7) is 1.62. The lowest BCUT2D eigenvalue weighted by atomic mass is 9.83. The summed E-state index contributed by atoms with van der Waals surface area (Å²) in [6.07, 6.45) is 0.304. The minimum Gasteiger partial charge on any atom is -0.294 e. The molecule has 0 radical (unpaired) electrons. The fourth-order valence-corrected chi connectivity index (χ4v) is 2.16. The maximum Gasteiger partial charge on any atom is 0.234 e. The smallest absolute Gasteiger partial charge is 0.234 e. The van der Waals surface area contributed by atoms with E-state index in [0.29, 0.717) is 22.3 Å². The van der Waals surface area contributed by atoms with Crippen molar-refractivity contribution in [2.24, 2.45) is 5.84 Å². The van der Waals surface area contributed by atoms with E-state index in [1.807, 2.05) is 5.43 Å². The van der Waals surface area contributed by atoms with Crippen molar-refractivity contribution < 1.29 is 14.4 Å². The second kappa shape index (κ2) is 5.16. The van der Waals surface area contributed by atoms with E-state index in [9.17, 15) is 14.4 Å². The fourth-order valence-electron chi connectivity index (χ4n) is 2.16. The molecule has 98 valence electrons. The maximum absolute atomic E-state index is 12.3. The van der Waals surface area contributed by atoms with Gasteiger partial charge in [-0.2, -0.15) is 0 Å². The lowest BCUT2D eigenvalue weighted by molar-refractivity contribution is -0.121. The van der Waals surface area contributed by atoms with Crippen LogP contribution in [0.15, 0.2) is 35.4 Å². The van der Waals surface area contributed by atoms with Crippen LogP contribution in [0, 0.1) is 0 Å². The number of ketones is 2. The number of Topliss-reactive ketones (excluding diaryl/α,β-unsaturated/α-hetero) is 2. The first kappa shape index (κ1) is 13.2. The van der Waals surface area contributed by atoms with E-state index in [-0.39, 0.29) is 30.3 Å². The molecule has 5 nitrogen and oxygen atoms in total. The Morgan fingerprint density at radius 2 is 1.74 bits per heavy atom. The average Bonchev–Trinajstić information content (AvgIpc) is 2.44. The standard InChI is InChI=1S/C14H14N2O3/c1-8-9(6-7-12(17)16-15)14(19)11-5-3-2-4-10(11)13(8)18/h2-5H,6-7,15H2,1H3,(H,16,17). The van der Waals surface area contributed by atoms with Gasteiger partial charge in [0, 0.05) is 28.7 Å². The van der Waals surface area contributed by atoms with Gasteiger partial charge in [-0.15, -0.1) is 0 Å². The van der Waals surface area contributed by atoms with Gasteiger partial charge in [0.2, 0.25) is 5.91 Å². The first-order valence-electron chi connectivity index (χ1n) is 5.94. The monoisotopic (exact) mass is 258 g/mol. The van der Waals surface area contributed by atoms with Crippen LogP contribution in [-0.4, -0.2) is 17.5 Å². The van der Waals surface area contributed by atoms with E-state index in [0.717, 1.165) is 0 Å². The highest BCUT2D eigenvalue weighted by molar-refractivity contribution is 6.26. The number of hydrazine groups is 1. The second-order valence-corrected chi connectivity index (χ2v) is 4.37. The number of amides is 1. The van der Waals surface area contributed by atoms with Crippen LogP contribution in [0.5, 0.6) is 0 Å². The summed E-state index contributed by atoms with van der Waals surface area (Å²) in [6, 6.07) is 6.71. The summed E-state index contributed by atoms with van der Waals surface area (Å²) in [5, 5.41) is 0. The minimum atomic E-state index is -0.362. The van der Waals surface area contributed by atoms with Gasteiger partial charge in [0.15, 0.2) is 11.6 Å². The van der Waals surface area contributed by atoms with Crippen molar-refractivity contribution in [3.63, 3.8) is 0 Å². The molecule has 0 saturated carbocycles. The summed E-state index contributed by atoms with van der Waals surface area (Å²) < 4.78 is 0. The maximum atomic E-state index is 12.3. The third kappa shape index (κ3) is 2.32. The molecule has 1 aliphatic rings. The molecular weight excluding hydrogens is 244 g/mol. The topological polar surface area (TPSA) is 89.3 Å². The number of nitrogens with two attached hydrogens (primary N) is 1. The molecular formula is C14H14N2O3. The van der Waals surface area contributed by atoms with Crippen LogP contribution < -0.4 is 11.3 Å². The number of carbonyl (C=O) groups is 3. The molecule has 0 fully saturated rings. The van der Waals surface area contributed by atoms with Crippen molar-refractivity contribution in [2.45, 2.75) is 19.8 Å². The van der Waals surface area contributed by atoms with Gasteiger partial charge in [-0.05, 0) is 13.3 Å². The lowest BCUT2D eigenvalue weighted by Crippen LogP contribution is -2.30. The Morgan fingerprint density at radius 1 is 1.16 bits per heavy atom. The SMILES string of the molecule is CC1=C(CCC(=O)NN)C(=O)c2ccccc2C1=O. The number of rotatable bonds is 3. The Balaban J connectivity index is 2.35. The first-order valence-corrected chi connectivity index (χ1v) is 5.94. The molecule has 1 aliphatic carbocycles. The third-order valence-corrected chi connectivity index (χ3v) is 3.25. The molecule has 1 aromatic carbocycles. The predicted molar refractivity (Wildman–Crippen MR) is 69.4 cm³/mol. The predicted octanol–water partition coefficient (Wildman–Crippen LogP) is 1.15. The van der Waals surface area contributed by atoms with Crippen LogP contribution >= 0.6 is 0 Å². The molecule has 0 spiro atoms. The molecule has 0 aliphatic heterocycles. The van der Waals surface area contributed by atoms with Crippen molar-refractivity contribution in [3.8, 4) is 0 Å². The first-order chi connectivity index (χ1) is 9.06. The Kier molecular flexibility index (Phi) is 3.57. The summed E-state index contributed by atoms with van der Waals surface area (Å²) in [5.41, 5.74) is 3.64. The molecule has 3 N–H and O–H groups in total. The van der Waals surface area contributed by atoms with E-state index < -0.39 is 0 Å². The number of benzene rings is 1. The zero-order valence-electron chi connectivity index (χ0n) is 10.5. The normalized spacial score (nSPS) is 14.4. The van der Waals surface area contributed by atoms with Crippen molar-refractivity contribution in [1.82, 2.24) is 5.43 Å². The van der Waals surface area contributed by atoms with Crippen molar-refractivity contribution >= 4 is 17.5 Å². The highest BCUT2D eigenvalue weighted by atomic mass is 16.2. The summed E-state index contributed by atoms with van der Waals surface area (Å²) in [4.78, 5) is 35.6. The number of hydrogen-bond acceptors (Lipinski definition) is 4. The minimum absolute atomic E-state index is 0.0877. The van der Waals surface area contributed by atoms with Crippen molar-refractivity contribution in [3.05, 3.63) is 46.5 Å². The average molecular weight is 258 g/mol. The quantitative estimate of drug-likeness (QED) is 0.483. The van der Waals surface area contributed by atoms with Gasteiger partial charge in [-0.3, -0.25) is 19.8 Å². The van der Waals surface area contributed by atoms with Crippen LogP contribution in [0.2, 0.25) is 0 Å². The van der Waals surface area contributed by atoms with Gasteiger partial charge in [0.1, 0.15) is 0 Å². The lowest BCUT2D eigenvalue weighted by Gasteiger charge is -2.18. The van der Waals surface area contributed by atoms with Crippen LogP contribution in [0.25, 0.3) is 0 Å². The molecule has 0 atom stereocenters. The molecule has 0 unspecified atom stereocenters. The highest BCUT2D eigenvalue weighted by Gasteiger charge is 2.29. The van der Waals surface area contributed by atoms with Crippen LogP contribution in [0.3, 0.4) is 0 Å². The number of allylic oxidation sites excluding steroid dienone is 2. The molecule has 5 heteroatoms. The van der Waals surface area contributed by atoms with E-state index in [1.54, 1.807) is 31.2 Å².